The zero-order valence-electron chi connectivity index (χ0n) is 12.1. The minimum Gasteiger partial charge on any atom is -0.357 e. The lowest BCUT2D eigenvalue weighted by Crippen LogP contribution is -2.21. The third kappa shape index (κ3) is 2.11. The first-order valence-corrected chi connectivity index (χ1v) is 7.43. The van der Waals surface area contributed by atoms with Crippen LogP contribution in [0, 0.1) is 0 Å². The number of aromatic nitrogens is 2. The average molecular weight is 288 g/mol. The summed E-state index contributed by atoms with van der Waals surface area (Å²) in [5.41, 5.74) is 4.18. The first-order chi connectivity index (χ1) is 10.8. The average Bonchev–Trinajstić information content (AvgIpc) is 3.22. The Morgan fingerprint density at radius 2 is 2.00 bits per heavy atom. The number of rotatable bonds is 3. The second kappa shape index (κ2) is 5.19. The summed E-state index contributed by atoms with van der Waals surface area (Å²) < 4.78 is 1.81. The lowest BCUT2D eigenvalue weighted by atomic mass is 10.0. The quantitative estimate of drug-likeness (QED) is 0.780. The summed E-state index contributed by atoms with van der Waals surface area (Å²) in [4.78, 5) is 15.7. The molecule has 0 spiro atoms. The number of nitrogens with one attached hydrogen (secondary N) is 1. The Morgan fingerprint density at radius 1 is 1.14 bits per heavy atom. The van der Waals surface area contributed by atoms with Crippen LogP contribution in [0.15, 0.2) is 77.4 Å². The van der Waals surface area contributed by atoms with Crippen molar-refractivity contribution in [2.24, 2.45) is 0 Å². The van der Waals surface area contributed by atoms with E-state index in [1.807, 2.05) is 42.7 Å². The van der Waals surface area contributed by atoms with Gasteiger partial charge in [-0.2, -0.15) is 0 Å². The maximum absolute atomic E-state index is 12.6. The summed E-state index contributed by atoms with van der Waals surface area (Å²) in [5.74, 6) is 0. The molecule has 4 rings (SSSR count). The van der Waals surface area contributed by atoms with Crippen LogP contribution in [0.25, 0.3) is 22.0 Å². The fourth-order valence-electron chi connectivity index (χ4n) is 2.99. The molecule has 0 bridgehead atoms. The van der Waals surface area contributed by atoms with Crippen molar-refractivity contribution in [3.63, 3.8) is 0 Å². The lowest BCUT2D eigenvalue weighted by Gasteiger charge is -2.11. The van der Waals surface area contributed by atoms with Crippen molar-refractivity contribution in [1.29, 1.82) is 0 Å². The van der Waals surface area contributed by atoms with Gasteiger partial charge in [0.2, 0.25) is 0 Å². The predicted molar refractivity (Wildman–Crippen MR) is 89.8 cm³/mol. The van der Waals surface area contributed by atoms with Crippen LogP contribution in [0.3, 0.4) is 0 Å². The standard InChI is InChI=1S/C19H16N2O/c22-19-18-16(10-11-20-18)17(15-8-2-1-3-9-15)13-21(19)12-14-6-4-5-7-14/h1-6,8-11,13,20H,7,12H2. The number of aromatic amines is 1. The van der Waals surface area contributed by atoms with E-state index in [4.69, 9.17) is 0 Å². The molecule has 0 aliphatic heterocycles. The van der Waals surface area contributed by atoms with E-state index in [-0.39, 0.29) is 5.56 Å². The monoisotopic (exact) mass is 288 g/mol. The van der Waals surface area contributed by atoms with Gasteiger partial charge in [0.25, 0.3) is 5.56 Å². The molecule has 0 fully saturated rings. The fraction of sp³-hybridized carbons (Fsp3) is 0.105. The molecule has 0 unspecified atom stereocenters. The second-order valence-electron chi connectivity index (χ2n) is 5.57. The number of fused-ring (bicyclic) bond motifs is 1. The van der Waals surface area contributed by atoms with E-state index in [2.05, 4.69) is 29.3 Å². The Morgan fingerprint density at radius 3 is 2.77 bits per heavy atom. The van der Waals surface area contributed by atoms with E-state index < -0.39 is 0 Å². The molecule has 1 aromatic carbocycles. The highest BCUT2D eigenvalue weighted by Crippen LogP contribution is 2.26. The van der Waals surface area contributed by atoms with Crippen molar-refractivity contribution in [1.82, 2.24) is 9.55 Å². The molecule has 0 saturated heterocycles. The summed E-state index contributed by atoms with van der Waals surface area (Å²) in [5, 5.41) is 0.978. The predicted octanol–water partition coefficient (Wildman–Crippen LogP) is 3.88. The molecule has 3 aromatic rings. The fourth-order valence-corrected chi connectivity index (χ4v) is 2.99. The molecule has 2 heterocycles. The van der Waals surface area contributed by atoms with Gasteiger partial charge in [-0.05, 0) is 23.6 Å². The number of allylic oxidation sites excluding steroid dienone is 4. The van der Waals surface area contributed by atoms with Crippen LogP contribution in [0.2, 0.25) is 0 Å². The van der Waals surface area contributed by atoms with Crippen LogP contribution in [-0.2, 0) is 6.54 Å². The molecule has 3 heteroatoms. The Hall–Kier alpha value is -2.81. The van der Waals surface area contributed by atoms with Crippen LogP contribution in [-0.4, -0.2) is 9.55 Å². The van der Waals surface area contributed by atoms with E-state index in [0.717, 1.165) is 22.9 Å². The van der Waals surface area contributed by atoms with Gasteiger partial charge in [0.15, 0.2) is 0 Å². The Kier molecular flexibility index (Phi) is 3.04. The summed E-state index contributed by atoms with van der Waals surface area (Å²) >= 11 is 0. The first kappa shape index (κ1) is 12.9. The van der Waals surface area contributed by atoms with E-state index in [0.29, 0.717) is 12.1 Å². The highest BCUT2D eigenvalue weighted by atomic mass is 16.1. The van der Waals surface area contributed by atoms with Crippen LogP contribution in [0.5, 0.6) is 0 Å². The van der Waals surface area contributed by atoms with Crippen LogP contribution >= 0.6 is 0 Å². The van der Waals surface area contributed by atoms with Crippen molar-refractivity contribution in [2.45, 2.75) is 13.0 Å². The number of pyridine rings is 1. The van der Waals surface area contributed by atoms with E-state index in [9.17, 15) is 4.79 Å². The van der Waals surface area contributed by atoms with Crippen molar-refractivity contribution in [3.05, 3.63) is 82.9 Å². The number of hydrogen-bond donors (Lipinski definition) is 1. The number of nitrogens with zero attached hydrogens (tertiary/aromatic N) is 1. The second-order valence-corrected chi connectivity index (χ2v) is 5.57. The normalized spacial score (nSPS) is 13.7. The van der Waals surface area contributed by atoms with Gasteiger partial charge in [-0.3, -0.25) is 4.79 Å². The summed E-state index contributed by atoms with van der Waals surface area (Å²) in [6.45, 7) is 0.640. The van der Waals surface area contributed by atoms with Gasteiger partial charge in [-0.1, -0.05) is 48.6 Å². The van der Waals surface area contributed by atoms with Gasteiger partial charge in [-0.25, -0.2) is 0 Å². The van der Waals surface area contributed by atoms with Crippen molar-refractivity contribution < 1.29 is 0 Å². The molecular weight excluding hydrogens is 272 g/mol. The third-order valence-electron chi connectivity index (χ3n) is 4.10. The van der Waals surface area contributed by atoms with Gasteiger partial charge in [0, 0.05) is 29.9 Å². The third-order valence-corrected chi connectivity index (χ3v) is 4.10. The van der Waals surface area contributed by atoms with E-state index in [1.165, 1.54) is 5.57 Å². The summed E-state index contributed by atoms with van der Waals surface area (Å²) in [6.07, 6.45) is 11.0. The summed E-state index contributed by atoms with van der Waals surface area (Å²) in [7, 11) is 0. The zero-order chi connectivity index (χ0) is 14.9. The number of hydrogen-bond acceptors (Lipinski definition) is 1. The van der Waals surface area contributed by atoms with Crippen molar-refractivity contribution in [3.8, 4) is 11.1 Å². The zero-order valence-corrected chi connectivity index (χ0v) is 12.1. The Bertz CT molecular complexity index is 942. The maximum Gasteiger partial charge on any atom is 0.275 e. The van der Waals surface area contributed by atoms with Crippen LogP contribution in [0.4, 0.5) is 0 Å². The minimum absolute atomic E-state index is 0.0347. The molecular formula is C19H16N2O. The van der Waals surface area contributed by atoms with Crippen LogP contribution < -0.4 is 5.56 Å². The molecule has 1 N–H and O–H groups in total. The Labute approximate surface area is 128 Å². The van der Waals surface area contributed by atoms with Crippen molar-refractivity contribution >= 4 is 10.9 Å². The molecule has 2 aromatic heterocycles. The smallest absolute Gasteiger partial charge is 0.275 e. The maximum atomic E-state index is 12.6. The molecule has 1 aliphatic carbocycles. The number of benzene rings is 1. The molecule has 0 radical (unpaired) electrons. The van der Waals surface area contributed by atoms with E-state index >= 15 is 0 Å². The Balaban J connectivity index is 1.91. The molecule has 0 amide bonds. The first-order valence-electron chi connectivity index (χ1n) is 7.43. The largest absolute Gasteiger partial charge is 0.357 e. The molecule has 0 saturated carbocycles. The molecule has 108 valence electrons. The lowest BCUT2D eigenvalue weighted by molar-refractivity contribution is 0.745. The molecule has 3 nitrogen and oxygen atoms in total. The van der Waals surface area contributed by atoms with Gasteiger partial charge in [-0.15, -0.1) is 0 Å². The molecule has 1 aliphatic rings. The van der Waals surface area contributed by atoms with Gasteiger partial charge < -0.3 is 9.55 Å². The van der Waals surface area contributed by atoms with E-state index in [1.54, 1.807) is 4.57 Å². The van der Waals surface area contributed by atoms with Crippen LogP contribution in [0.1, 0.15) is 6.42 Å². The minimum atomic E-state index is 0.0347. The molecule has 0 atom stereocenters. The highest BCUT2D eigenvalue weighted by molar-refractivity contribution is 5.94. The topological polar surface area (TPSA) is 37.8 Å². The summed E-state index contributed by atoms with van der Waals surface area (Å²) in [6, 6.07) is 12.2. The highest BCUT2D eigenvalue weighted by Gasteiger charge is 2.12. The van der Waals surface area contributed by atoms with Gasteiger partial charge in [0.1, 0.15) is 5.52 Å². The van der Waals surface area contributed by atoms with Gasteiger partial charge in [0.05, 0.1) is 0 Å². The van der Waals surface area contributed by atoms with Crippen molar-refractivity contribution in [2.75, 3.05) is 0 Å². The van der Waals surface area contributed by atoms with Gasteiger partial charge >= 0.3 is 0 Å². The SMILES string of the molecule is O=c1c2[nH]ccc2c(-c2ccccc2)cn1CC1=CC=CC1. The molecule has 22 heavy (non-hydrogen) atoms. The number of H-pyrrole nitrogens is 1.